The summed E-state index contributed by atoms with van der Waals surface area (Å²) in [5.41, 5.74) is 1.72. The van der Waals surface area contributed by atoms with Gasteiger partial charge in [-0.2, -0.15) is 9.61 Å². The molecule has 0 unspecified atom stereocenters. The fourth-order valence-electron chi connectivity index (χ4n) is 3.63. The molecule has 6 heteroatoms. The van der Waals surface area contributed by atoms with E-state index in [1.54, 1.807) is 28.0 Å². The Bertz CT molecular complexity index is 878. The van der Waals surface area contributed by atoms with Crippen molar-refractivity contribution in [1.82, 2.24) is 14.6 Å². The third-order valence-electron chi connectivity index (χ3n) is 5.00. The van der Waals surface area contributed by atoms with Crippen LogP contribution in [0.15, 0.2) is 24.3 Å². The number of aryl methyl sites for hydroxylation is 1. The summed E-state index contributed by atoms with van der Waals surface area (Å²) in [7, 11) is 0. The largest absolute Gasteiger partial charge is 0.296 e. The van der Waals surface area contributed by atoms with Gasteiger partial charge in [-0.3, -0.25) is 4.79 Å². The van der Waals surface area contributed by atoms with Crippen molar-refractivity contribution < 1.29 is 9.18 Å². The van der Waals surface area contributed by atoms with E-state index in [1.165, 1.54) is 44.2 Å². The van der Waals surface area contributed by atoms with Crippen LogP contribution in [0.25, 0.3) is 16.2 Å². The number of fused-ring (bicyclic) bond motifs is 1. The van der Waals surface area contributed by atoms with Crippen LogP contribution >= 0.6 is 11.3 Å². The lowest BCUT2D eigenvalue weighted by Crippen LogP contribution is -2.07. The number of aldehydes is 1. The Morgan fingerprint density at radius 3 is 2.68 bits per heavy atom. The predicted octanol–water partition coefficient (Wildman–Crippen LogP) is 4.92. The molecule has 1 aliphatic carbocycles. The third kappa shape index (κ3) is 3.35. The Balaban J connectivity index is 1.57. The highest BCUT2D eigenvalue weighted by atomic mass is 32.1. The van der Waals surface area contributed by atoms with Crippen LogP contribution in [0.3, 0.4) is 0 Å². The number of rotatable bonds is 5. The average Bonchev–Trinajstić information content (AvgIpc) is 3.18. The Labute approximate surface area is 149 Å². The number of carbonyl (C=O) groups excluding carboxylic acids is 1. The van der Waals surface area contributed by atoms with Crippen molar-refractivity contribution in [2.45, 2.75) is 44.9 Å². The van der Waals surface area contributed by atoms with E-state index in [1.807, 2.05) is 0 Å². The molecular weight excluding hydrogens is 337 g/mol. The van der Waals surface area contributed by atoms with Crippen molar-refractivity contribution in [3.8, 4) is 11.3 Å². The van der Waals surface area contributed by atoms with Crippen LogP contribution in [0, 0.1) is 11.7 Å². The fourth-order valence-corrected chi connectivity index (χ4v) is 4.55. The first-order chi connectivity index (χ1) is 12.2. The van der Waals surface area contributed by atoms with Gasteiger partial charge >= 0.3 is 0 Å². The van der Waals surface area contributed by atoms with Gasteiger partial charge in [-0.25, -0.2) is 9.37 Å². The van der Waals surface area contributed by atoms with Crippen LogP contribution in [0.4, 0.5) is 4.39 Å². The van der Waals surface area contributed by atoms with E-state index in [-0.39, 0.29) is 5.82 Å². The second-order valence-electron chi connectivity index (χ2n) is 6.70. The first-order valence-corrected chi connectivity index (χ1v) is 9.66. The fraction of sp³-hybridized carbons (Fsp3) is 0.421. The van der Waals surface area contributed by atoms with E-state index in [2.05, 4.69) is 10.1 Å². The van der Waals surface area contributed by atoms with Gasteiger partial charge < -0.3 is 0 Å². The van der Waals surface area contributed by atoms with E-state index < -0.39 is 0 Å². The number of imidazole rings is 1. The third-order valence-corrected chi connectivity index (χ3v) is 5.97. The number of carbonyl (C=O) groups is 1. The second-order valence-corrected chi connectivity index (χ2v) is 7.74. The van der Waals surface area contributed by atoms with Gasteiger partial charge in [0, 0.05) is 12.0 Å². The Hall–Kier alpha value is -2.08. The molecule has 0 atom stereocenters. The highest BCUT2D eigenvalue weighted by molar-refractivity contribution is 7.16. The quantitative estimate of drug-likeness (QED) is 0.609. The zero-order valence-electron chi connectivity index (χ0n) is 13.9. The molecule has 0 bridgehead atoms. The molecule has 130 valence electrons. The lowest BCUT2D eigenvalue weighted by Gasteiger charge is -2.20. The molecule has 0 radical (unpaired) electrons. The summed E-state index contributed by atoms with van der Waals surface area (Å²) in [6, 6.07) is 6.03. The van der Waals surface area contributed by atoms with Crippen LogP contribution in [0.5, 0.6) is 0 Å². The van der Waals surface area contributed by atoms with E-state index in [0.717, 1.165) is 40.6 Å². The maximum Gasteiger partial charge on any atom is 0.213 e. The lowest BCUT2D eigenvalue weighted by atomic mass is 9.86. The van der Waals surface area contributed by atoms with Gasteiger partial charge in [0.1, 0.15) is 22.2 Å². The smallest absolute Gasteiger partial charge is 0.213 e. The minimum atomic E-state index is -0.305. The molecule has 0 N–H and O–H groups in total. The van der Waals surface area contributed by atoms with Crippen LogP contribution in [0.1, 0.15) is 54.0 Å². The van der Waals surface area contributed by atoms with Crippen molar-refractivity contribution in [3.63, 3.8) is 0 Å². The zero-order chi connectivity index (χ0) is 17.2. The van der Waals surface area contributed by atoms with Gasteiger partial charge in [0.15, 0.2) is 6.29 Å². The monoisotopic (exact) mass is 357 g/mol. The molecule has 2 aromatic heterocycles. The molecule has 0 spiro atoms. The molecule has 0 saturated heterocycles. The molecule has 1 aliphatic rings. The molecule has 1 fully saturated rings. The van der Waals surface area contributed by atoms with Gasteiger partial charge in [-0.15, -0.1) is 0 Å². The van der Waals surface area contributed by atoms with E-state index >= 15 is 0 Å². The summed E-state index contributed by atoms with van der Waals surface area (Å²) in [6.07, 6.45) is 9.62. The molecule has 25 heavy (non-hydrogen) atoms. The lowest BCUT2D eigenvalue weighted by molar-refractivity contribution is 0.111. The minimum Gasteiger partial charge on any atom is -0.296 e. The topological polar surface area (TPSA) is 47.3 Å². The van der Waals surface area contributed by atoms with Crippen molar-refractivity contribution in [1.29, 1.82) is 0 Å². The van der Waals surface area contributed by atoms with Crippen molar-refractivity contribution in [3.05, 3.63) is 40.8 Å². The van der Waals surface area contributed by atoms with E-state index in [4.69, 9.17) is 0 Å². The van der Waals surface area contributed by atoms with Crippen LogP contribution in [-0.2, 0) is 6.42 Å². The van der Waals surface area contributed by atoms with Gasteiger partial charge in [-0.05, 0) is 36.6 Å². The van der Waals surface area contributed by atoms with Crippen LogP contribution in [0.2, 0.25) is 0 Å². The Morgan fingerprint density at radius 2 is 1.96 bits per heavy atom. The maximum absolute atomic E-state index is 13.1. The number of hydrogen-bond donors (Lipinski definition) is 0. The van der Waals surface area contributed by atoms with Gasteiger partial charge in [-0.1, -0.05) is 43.4 Å². The number of nitrogens with zero attached hydrogens (tertiary/aromatic N) is 3. The molecule has 0 aliphatic heterocycles. The van der Waals surface area contributed by atoms with Gasteiger partial charge in [0.2, 0.25) is 4.96 Å². The summed E-state index contributed by atoms with van der Waals surface area (Å²) < 4.78 is 14.7. The molecule has 0 amide bonds. The summed E-state index contributed by atoms with van der Waals surface area (Å²) in [6.45, 7) is 0. The molecule has 1 aromatic carbocycles. The van der Waals surface area contributed by atoms with Crippen molar-refractivity contribution in [2.24, 2.45) is 5.92 Å². The van der Waals surface area contributed by atoms with Crippen LogP contribution in [-0.4, -0.2) is 20.9 Å². The number of benzene rings is 1. The van der Waals surface area contributed by atoms with Gasteiger partial charge in [0.05, 0.1) is 0 Å². The number of hydrogen-bond acceptors (Lipinski definition) is 4. The normalized spacial score (nSPS) is 15.7. The second kappa shape index (κ2) is 7.04. The average molecular weight is 357 g/mol. The number of aromatic nitrogens is 3. The van der Waals surface area contributed by atoms with E-state index in [9.17, 15) is 9.18 Å². The Kier molecular flexibility index (Phi) is 4.61. The molecule has 2 heterocycles. The molecule has 3 aromatic rings. The molecular formula is C19H20FN3OS. The molecule has 4 rings (SSSR count). The molecule has 4 nitrogen and oxygen atoms in total. The summed E-state index contributed by atoms with van der Waals surface area (Å²) >= 11 is 1.54. The van der Waals surface area contributed by atoms with Crippen LogP contribution < -0.4 is 0 Å². The van der Waals surface area contributed by atoms with E-state index in [0.29, 0.717) is 11.4 Å². The van der Waals surface area contributed by atoms with Crippen molar-refractivity contribution >= 4 is 22.6 Å². The van der Waals surface area contributed by atoms with Gasteiger partial charge in [0.25, 0.3) is 0 Å². The standard InChI is InChI=1S/C19H20FN3OS/c20-15-9-7-14(8-10-15)18-16(12-24)23-19(21-18)25-17(22-23)11-6-13-4-2-1-3-5-13/h7-10,12-13H,1-6,11H2. The maximum atomic E-state index is 13.1. The highest BCUT2D eigenvalue weighted by Gasteiger charge is 2.19. The summed E-state index contributed by atoms with van der Waals surface area (Å²) in [5.74, 6) is 0.505. The Morgan fingerprint density at radius 1 is 1.20 bits per heavy atom. The highest BCUT2D eigenvalue weighted by Crippen LogP contribution is 2.30. The zero-order valence-corrected chi connectivity index (χ0v) is 14.8. The summed E-state index contributed by atoms with van der Waals surface area (Å²) in [4.78, 5) is 16.9. The SMILES string of the molecule is O=Cc1c(-c2ccc(F)cc2)nc2sc(CCC3CCCCC3)nn12. The van der Waals surface area contributed by atoms with Crippen molar-refractivity contribution in [2.75, 3.05) is 0 Å². The minimum absolute atomic E-state index is 0.305. The predicted molar refractivity (Wildman–Crippen MR) is 96.5 cm³/mol. The molecule has 1 saturated carbocycles. The number of halogens is 1. The first kappa shape index (κ1) is 16.4. The first-order valence-electron chi connectivity index (χ1n) is 8.84. The summed E-state index contributed by atoms with van der Waals surface area (Å²) in [5, 5.41) is 5.63.